The van der Waals surface area contributed by atoms with Gasteiger partial charge in [-0.25, -0.2) is 0 Å². The Morgan fingerprint density at radius 1 is 1.31 bits per heavy atom. The molecule has 0 saturated heterocycles. The molecule has 0 radical (unpaired) electrons. The molecule has 82 valence electrons. The van der Waals surface area contributed by atoms with Crippen molar-refractivity contribution in [1.29, 1.82) is 0 Å². The van der Waals surface area contributed by atoms with Crippen LogP contribution in [0.1, 0.15) is 29.4 Å². The largest absolute Gasteiger partial charge is 0.296 e. The topological polar surface area (TPSA) is 45.8 Å². The van der Waals surface area contributed by atoms with Crippen LogP contribution in [-0.4, -0.2) is 16.5 Å². The zero-order chi connectivity index (χ0) is 11.4. The lowest BCUT2D eigenvalue weighted by molar-refractivity contribution is 0.111. The molecule has 3 nitrogen and oxygen atoms in total. The van der Waals surface area contributed by atoms with E-state index < -0.39 is 0 Å². The molecular weight excluding hydrogens is 200 g/mol. The lowest BCUT2D eigenvalue weighted by atomic mass is 10.1. The summed E-state index contributed by atoms with van der Waals surface area (Å²) in [5, 5.41) is 6.75. The molecule has 0 aliphatic rings. The van der Waals surface area contributed by atoms with Crippen LogP contribution < -0.4 is 0 Å². The third kappa shape index (κ3) is 2.19. The van der Waals surface area contributed by atoms with Crippen LogP contribution in [0.5, 0.6) is 0 Å². The van der Waals surface area contributed by atoms with Crippen molar-refractivity contribution in [3.8, 4) is 11.3 Å². The van der Waals surface area contributed by atoms with Gasteiger partial charge in [0.1, 0.15) is 0 Å². The van der Waals surface area contributed by atoms with Gasteiger partial charge in [-0.05, 0) is 18.1 Å². The number of aromatic nitrogens is 2. The summed E-state index contributed by atoms with van der Waals surface area (Å²) < 4.78 is 0. The van der Waals surface area contributed by atoms with Gasteiger partial charge in [0, 0.05) is 5.56 Å². The van der Waals surface area contributed by atoms with Crippen molar-refractivity contribution in [1.82, 2.24) is 10.2 Å². The minimum atomic E-state index is 0.507. The highest BCUT2D eigenvalue weighted by atomic mass is 16.1. The van der Waals surface area contributed by atoms with E-state index in [9.17, 15) is 4.79 Å². The standard InChI is InChI=1S/C13H14N2O/c1-2-3-10-4-6-11(7-5-10)13-8-12(9-16)14-15-13/h4-9H,2-3H2,1H3,(H,14,15). The number of hydrogen-bond acceptors (Lipinski definition) is 2. The van der Waals surface area contributed by atoms with E-state index in [4.69, 9.17) is 0 Å². The first kappa shape index (κ1) is 10.6. The highest BCUT2D eigenvalue weighted by Gasteiger charge is 2.02. The summed E-state index contributed by atoms with van der Waals surface area (Å²) in [5.74, 6) is 0. The molecule has 1 aromatic heterocycles. The third-order valence-corrected chi connectivity index (χ3v) is 2.51. The molecule has 0 saturated carbocycles. The predicted molar refractivity (Wildman–Crippen MR) is 63.4 cm³/mol. The molecule has 0 amide bonds. The van der Waals surface area contributed by atoms with Gasteiger partial charge in [-0.15, -0.1) is 0 Å². The fourth-order valence-electron chi connectivity index (χ4n) is 1.68. The number of aromatic amines is 1. The fourth-order valence-corrected chi connectivity index (χ4v) is 1.68. The highest BCUT2D eigenvalue weighted by molar-refractivity contribution is 5.75. The van der Waals surface area contributed by atoms with Crippen molar-refractivity contribution in [2.24, 2.45) is 0 Å². The van der Waals surface area contributed by atoms with Gasteiger partial charge in [0.05, 0.1) is 11.4 Å². The maximum Gasteiger partial charge on any atom is 0.167 e. The van der Waals surface area contributed by atoms with E-state index in [1.165, 1.54) is 5.56 Å². The number of nitrogens with zero attached hydrogens (tertiary/aromatic N) is 1. The Morgan fingerprint density at radius 3 is 2.62 bits per heavy atom. The summed E-state index contributed by atoms with van der Waals surface area (Å²) in [7, 11) is 0. The van der Waals surface area contributed by atoms with Crippen LogP contribution in [0, 0.1) is 0 Å². The van der Waals surface area contributed by atoms with Crippen molar-refractivity contribution in [2.45, 2.75) is 19.8 Å². The summed E-state index contributed by atoms with van der Waals surface area (Å²) >= 11 is 0. The molecule has 0 atom stereocenters. The number of H-pyrrole nitrogens is 1. The van der Waals surface area contributed by atoms with Crippen LogP contribution in [0.2, 0.25) is 0 Å². The van der Waals surface area contributed by atoms with Crippen molar-refractivity contribution in [3.63, 3.8) is 0 Å². The number of benzene rings is 1. The molecule has 2 aromatic rings. The summed E-state index contributed by atoms with van der Waals surface area (Å²) in [6.45, 7) is 2.16. The molecule has 2 rings (SSSR count). The van der Waals surface area contributed by atoms with Crippen LogP contribution in [0.25, 0.3) is 11.3 Å². The Bertz CT molecular complexity index is 471. The average molecular weight is 214 g/mol. The van der Waals surface area contributed by atoms with E-state index in [2.05, 4.69) is 29.3 Å². The van der Waals surface area contributed by atoms with Crippen LogP contribution >= 0.6 is 0 Å². The van der Waals surface area contributed by atoms with Crippen molar-refractivity contribution < 1.29 is 4.79 Å². The molecule has 0 aliphatic heterocycles. The van der Waals surface area contributed by atoms with E-state index in [1.54, 1.807) is 6.07 Å². The Balaban J connectivity index is 2.23. The molecule has 1 heterocycles. The minimum absolute atomic E-state index is 0.507. The number of aldehydes is 1. The third-order valence-electron chi connectivity index (χ3n) is 2.51. The summed E-state index contributed by atoms with van der Waals surface area (Å²) in [6, 6.07) is 10.0. The monoisotopic (exact) mass is 214 g/mol. The highest BCUT2D eigenvalue weighted by Crippen LogP contribution is 2.18. The minimum Gasteiger partial charge on any atom is -0.296 e. The Labute approximate surface area is 94.5 Å². The average Bonchev–Trinajstić information content (AvgIpc) is 2.79. The second-order valence-corrected chi connectivity index (χ2v) is 3.77. The molecule has 0 unspecified atom stereocenters. The molecule has 1 aromatic carbocycles. The molecular formula is C13H14N2O. The molecule has 0 spiro atoms. The molecule has 0 bridgehead atoms. The summed E-state index contributed by atoms with van der Waals surface area (Å²) in [4.78, 5) is 10.5. The number of carbonyl (C=O) groups excluding carboxylic acids is 1. The maximum absolute atomic E-state index is 10.5. The zero-order valence-electron chi connectivity index (χ0n) is 9.23. The smallest absolute Gasteiger partial charge is 0.167 e. The quantitative estimate of drug-likeness (QED) is 0.795. The molecule has 1 N–H and O–H groups in total. The van der Waals surface area contributed by atoms with Gasteiger partial charge >= 0.3 is 0 Å². The fraction of sp³-hybridized carbons (Fsp3) is 0.231. The summed E-state index contributed by atoms with van der Waals surface area (Å²) in [6.07, 6.45) is 3.01. The summed E-state index contributed by atoms with van der Waals surface area (Å²) in [5.41, 5.74) is 3.68. The van der Waals surface area contributed by atoms with Crippen LogP contribution in [0.3, 0.4) is 0 Å². The van der Waals surface area contributed by atoms with E-state index in [1.807, 2.05) is 12.1 Å². The Kier molecular flexibility index (Phi) is 3.15. The second kappa shape index (κ2) is 4.75. The molecule has 16 heavy (non-hydrogen) atoms. The lowest BCUT2D eigenvalue weighted by Gasteiger charge is -2.00. The van der Waals surface area contributed by atoms with Gasteiger partial charge < -0.3 is 0 Å². The van der Waals surface area contributed by atoms with Crippen LogP contribution in [-0.2, 0) is 6.42 Å². The maximum atomic E-state index is 10.5. The van der Waals surface area contributed by atoms with Crippen molar-refractivity contribution in [2.75, 3.05) is 0 Å². The number of nitrogens with one attached hydrogen (secondary N) is 1. The van der Waals surface area contributed by atoms with Crippen molar-refractivity contribution in [3.05, 3.63) is 41.6 Å². The van der Waals surface area contributed by atoms with Gasteiger partial charge in [-0.3, -0.25) is 9.89 Å². The van der Waals surface area contributed by atoms with Crippen LogP contribution in [0.15, 0.2) is 30.3 Å². The van der Waals surface area contributed by atoms with Gasteiger partial charge in [-0.2, -0.15) is 5.10 Å². The SMILES string of the molecule is CCCc1ccc(-c2cc(C=O)[nH]n2)cc1. The zero-order valence-corrected chi connectivity index (χ0v) is 9.23. The van der Waals surface area contributed by atoms with E-state index >= 15 is 0 Å². The Hall–Kier alpha value is -1.90. The molecule has 3 heteroatoms. The van der Waals surface area contributed by atoms with Crippen molar-refractivity contribution >= 4 is 6.29 Å². The lowest BCUT2D eigenvalue weighted by Crippen LogP contribution is -1.83. The first-order valence-electron chi connectivity index (χ1n) is 5.43. The second-order valence-electron chi connectivity index (χ2n) is 3.77. The Morgan fingerprint density at radius 2 is 2.06 bits per heavy atom. The van der Waals surface area contributed by atoms with Gasteiger partial charge in [0.2, 0.25) is 0 Å². The van der Waals surface area contributed by atoms with E-state index in [0.29, 0.717) is 5.69 Å². The van der Waals surface area contributed by atoms with E-state index in [-0.39, 0.29) is 0 Å². The predicted octanol–water partition coefficient (Wildman–Crippen LogP) is 2.84. The first-order chi connectivity index (χ1) is 7.83. The number of carbonyl (C=O) groups is 1. The molecule has 0 aliphatic carbocycles. The van der Waals surface area contributed by atoms with Gasteiger partial charge in [-0.1, -0.05) is 37.6 Å². The first-order valence-corrected chi connectivity index (χ1v) is 5.43. The van der Waals surface area contributed by atoms with E-state index in [0.717, 1.165) is 30.4 Å². The number of aryl methyl sites for hydroxylation is 1. The number of rotatable bonds is 4. The van der Waals surface area contributed by atoms with Gasteiger partial charge in [0.25, 0.3) is 0 Å². The van der Waals surface area contributed by atoms with Gasteiger partial charge in [0.15, 0.2) is 6.29 Å². The number of hydrogen-bond donors (Lipinski definition) is 1. The van der Waals surface area contributed by atoms with Crippen LogP contribution in [0.4, 0.5) is 0 Å². The molecule has 0 fully saturated rings. The normalized spacial score (nSPS) is 10.3.